The average Bonchev–Trinajstić information content (AvgIpc) is 2.85. The number of methoxy groups -OCH3 is 1. The van der Waals surface area contributed by atoms with E-state index in [1.807, 2.05) is 54.6 Å². The maximum Gasteiger partial charge on any atom is 0.269 e. The second kappa shape index (κ2) is 10.5. The van der Waals surface area contributed by atoms with E-state index in [0.29, 0.717) is 11.4 Å². The molecule has 1 aromatic heterocycles. The van der Waals surface area contributed by atoms with E-state index in [-0.39, 0.29) is 23.5 Å². The van der Waals surface area contributed by atoms with Crippen LogP contribution in [0.3, 0.4) is 0 Å². The second-order valence-electron chi connectivity index (χ2n) is 6.84. The summed E-state index contributed by atoms with van der Waals surface area (Å²) in [6.07, 6.45) is 1.59. The highest BCUT2D eigenvalue weighted by molar-refractivity contribution is 5.83. The molecule has 0 aliphatic carbocycles. The van der Waals surface area contributed by atoms with Gasteiger partial charge in [0.1, 0.15) is 5.75 Å². The van der Waals surface area contributed by atoms with Gasteiger partial charge in [0.05, 0.1) is 18.2 Å². The Hall–Kier alpha value is -5.06. The van der Waals surface area contributed by atoms with Crippen molar-refractivity contribution >= 4 is 41.1 Å². The highest BCUT2D eigenvalue weighted by Crippen LogP contribution is 2.21. The van der Waals surface area contributed by atoms with Crippen molar-refractivity contribution in [2.45, 2.75) is 0 Å². The normalized spacial score (nSPS) is 10.6. The van der Waals surface area contributed by atoms with Gasteiger partial charge in [-0.05, 0) is 36.4 Å². The fraction of sp³-hybridized carbons (Fsp3) is 0.0435. The lowest BCUT2D eigenvalue weighted by Crippen LogP contribution is -2.07. The van der Waals surface area contributed by atoms with Gasteiger partial charge in [-0.1, -0.05) is 30.3 Å². The van der Waals surface area contributed by atoms with Gasteiger partial charge in [0.25, 0.3) is 5.69 Å². The van der Waals surface area contributed by atoms with Crippen molar-refractivity contribution < 1.29 is 9.66 Å². The number of nitro groups is 1. The van der Waals surface area contributed by atoms with Crippen LogP contribution in [0, 0.1) is 10.1 Å². The maximum absolute atomic E-state index is 10.9. The molecule has 0 saturated heterocycles. The Morgan fingerprint density at radius 3 is 2.06 bits per heavy atom. The number of para-hydroxylation sites is 2. The molecule has 11 heteroatoms. The number of nitrogens with one attached hydrogen (secondary N) is 3. The number of non-ortho nitro benzene ring substituents is 1. The maximum atomic E-state index is 10.9. The molecule has 1 heterocycles. The van der Waals surface area contributed by atoms with Crippen LogP contribution in [0.2, 0.25) is 0 Å². The summed E-state index contributed by atoms with van der Waals surface area (Å²) in [4.78, 5) is 23.5. The molecule has 3 aromatic carbocycles. The van der Waals surface area contributed by atoms with Crippen LogP contribution in [0.25, 0.3) is 0 Å². The van der Waals surface area contributed by atoms with E-state index in [2.05, 4.69) is 36.1 Å². The number of hydrazone groups is 1. The van der Waals surface area contributed by atoms with Crippen molar-refractivity contribution in [3.05, 3.63) is 94.5 Å². The summed E-state index contributed by atoms with van der Waals surface area (Å²) in [5.74, 6) is 1.36. The largest absolute Gasteiger partial charge is 0.496 e. The number of anilines is 5. The molecule has 0 aliphatic heterocycles. The second-order valence-corrected chi connectivity index (χ2v) is 6.84. The lowest BCUT2D eigenvalue weighted by molar-refractivity contribution is -0.384. The standard InChI is InChI=1S/C23H20N8O3/c1-34-20-10-6-5-7-16(20)15-24-30-23-28-21(25-17-8-3-2-4-9-17)27-22(29-23)26-18-11-13-19(14-12-18)31(32)33/h2-15H,1H3,(H3,25,26,27,28,29,30)/b24-15-. The van der Waals surface area contributed by atoms with Crippen LogP contribution in [-0.2, 0) is 0 Å². The smallest absolute Gasteiger partial charge is 0.269 e. The summed E-state index contributed by atoms with van der Waals surface area (Å²) < 4.78 is 5.32. The predicted octanol–water partition coefficient (Wildman–Crippen LogP) is 4.72. The number of benzene rings is 3. The molecule has 0 unspecified atom stereocenters. The Bertz CT molecular complexity index is 1300. The van der Waals surface area contributed by atoms with E-state index >= 15 is 0 Å². The van der Waals surface area contributed by atoms with Gasteiger partial charge in [-0.25, -0.2) is 5.43 Å². The first-order chi connectivity index (χ1) is 16.6. The van der Waals surface area contributed by atoms with Crippen LogP contribution in [0.4, 0.5) is 34.9 Å². The molecule has 170 valence electrons. The lowest BCUT2D eigenvalue weighted by atomic mass is 10.2. The van der Waals surface area contributed by atoms with Gasteiger partial charge in [-0.3, -0.25) is 10.1 Å². The van der Waals surface area contributed by atoms with Crippen LogP contribution in [0.15, 0.2) is 84.0 Å². The van der Waals surface area contributed by atoms with E-state index < -0.39 is 4.92 Å². The quantitative estimate of drug-likeness (QED) is 0.185. The minimum atomic E-state index is -0.462. The van der Waals surface area contributed by atoms with E-state index in [0.717, 1.165) is 11.3 Å². The average molecular weight is 456 g/mol. The van der Waals surface area contributed by atoms with E-state index in [1.165, 1.54) is 12.1 Å². The summed E-state index contributed by atoms with van der Waals surface area (Å²) in [6, 6.07) is 22.8. The Kier molecular flexibility index (Phi) is 6.84. The topological polar surface area (TPSA) is 139 Å². The van der Waals surface area contributed by atoms with Crippen molar-refractivity contribution in [1.82, 2.24) is 15.0 Å². The molecule has 4 aromatic rings. The molecule has 0 radical (unpaired) electrons. The zero-order valence-electron chi connectivity index (χ0n) is 18.0. The van der Waals surface area contributed by atoms with Crippen molar-refractivity contribution in [3.8, 4) is 5.75 Å². The molecule has 0 amide bonds. The molecule has 11 nitrogen and oxygen atoms in total. The third-order valence-electron chi connectivity index (χ3n) is 4.51. The molecule has 0 aliphatic rings. The fourth-order valence-corrected chi connectivity index (χ4v) is 2.92. The molecule has 0 atom stereocenters. The number of aromatic nitrogens is 3. The summed E-state index contributed by atoms with van der Waals surface area (Å²) in [7, 11) is 1.59. The van der Waals surface area contributed by atoms with Gasteiger partial charge in [0, 0.05) is 29.1 Å². The SMILES string of the molecule is COc1ccccc1/C=N\Nc1nc(Nc2ccccc2)nc(Nc2ccc([N+](=O)[O-])cc2)n1. The lowest BCUT2D eigenvalue weighted by Gasteiger charge is -2.10. The fourth-order valence-electron chi connectivity index (χ4n) is 2.92. The zero-order chi connectivity index (χ0) is 23.8. The highest BCUT2D eigenvalue weighted by atomic mass is 16.6. The first-order valence-electron chi connectivity index (χ1n) is 10.1. The Labute approximate surface area is 194 Å². The van der Waals surface area contributed by atoms with Gasteiger partial charge < -0.3 is 15.4 Å². The minimum absolute atomic E-state index is 0.0133. The minimum Gasteiger partial charge on any atom is -0.496 e. The summed E-state index contributed by atoms with van der Waals surface area (Å²) in [6.45, 7) is 0. The van der Waals surface area contributed by atoms with Crippen molar-refractivity contribution in [2.24, 2.45) is 5.10 Å². The molecular weight excluding hydrogens is 436 g/mol. The first-order valence-corrected chi connectivity index (χ1v) is 10.1. The third-order valence-corrected chi connectivity index (χ3v) is 4.51. The molecule has 34 heavy (non-hydrogen) atoms. The van der Waals surface area contributed by atoms with E-state index in [4.69, 9.17) is 4.74 Å². The van der Waals surface area contributed by atoms with E-state index in [9.17, 15) is 10.1 Å². The van der Waals surface area contributed by atoms with Gasteiger partial charge in [0.15, 0.2) is 0 Å². The number of nitro benzene ring substituents is 1. The van der Waals surface area contributed by atoms with E-state index in [1.54, 1.807) is 25.5 Å². The highest BCUT2D eigenvalue weighted by Gasteiger charge is 2.09. The van der Waals surface area contributed by atoms with Crippen molar-refractivity contribution in [2.75, 3.05) is 23.2 Å². The molecule has 4 rings (SSSR count). The Balaban J connectivity index is 1.58. The van der Waals surface area contributed by atoms with Gasteiger partial charge in [-0.15, -0.1) is 0 Å². The first kappa shape index (κ1) is 22.1. The van der Waals surface area contributed by atoms with Crippen LogP contribution in [0.1, 0.15) is 5.56 Å². The van der Waals surface area contributed by atoms with Gasteiger partial charge >= 0.3 is 0 Å². The number of rotatable bonds is 9. The Morgan fingerprint density at radius 2 is 1.41 bits per heavy atom. The summed E-state index contributed by atoms with van der Waals surface area (Å²) in [5, 5.41) is 21.2. The van der Waals surface area contributed by atoms with Crippen LogP contribution in [0.5, 0.6) is 5.75 Å². The molecular formula is C23H20N8O3. The number of nitrogens with zero attached hydrogens (tertiary/aromatic N) is 5. The van der Waals surface area contributed by atoms with Crippen molar-refractivity contribution in [1.29, 1.82) is 0 Å². The van der Waals surface area contributed by atoms with Crippen LogP contribution >= 0.6 is 0 Å². The number of ether oxygens (including phenoxy) is 1. The summed E-state index contributed by atoms with van der Waals surface area (Å²) >= 11 is 0. The molecule has 0 spiro atoms. The summed E-state index contributed by atoms with van der Waals surface area (Å²) in [5.41, 5.74) is 4.93. The monoisotopic (exact) mass is 456 g/mol. The van der Waals surface area contributed by atoms with Gasteiger partial charge in [-0.2, -0.15) is 20.1 Å². The van der Waals surface area contributed by atoms with Crippen LogP contribution < -0.4 is 20.8 Å². The molecule has 0 bridgehead atoms. The molecule has 3 N–H and O–H groups in total. The molecule has 0 fully saturated rings. The number of hydrogen-bond donors (Lipinski definition) is 3. The van der Waals surface area contributed by atoms with Crippen LogP contribution in [-0.4, -0.2) is 33.2 Å². The number of hydrogen-bond acceptors (Lipinski definition) is 10. The third kappa shape index (κ3) is 5.79. The van der Waals surface area contributed by atoms with Crippen molar-refractivity contribution in [3.63, 3.8) is 0 Å². The predicted molar refractivity (Wildman–Crippen MR) is 130 cm³/mol. The Morgan fingerprint density at radius 1 is 0.824 bits per heavy atom. The van der Waals surface area contributed by atoms with Gasteiger partial charge in [0.2, 0.25) is 17.8 Å². The zero-order valence-corrected chi connectivity index (χ0v) is 18.0. The molecule has 0 saturated carbocycles.